The van der Waals surface area contributed by atoms with Gasteiger partial charge in [-0.25, -0.2) is 0 Å². The molecule has 0 saturated carbocycles. The van der Waals surface area contributed by atoms with Gasteiger partial charge in [-0.2, -0.15) is 0 Å². The Morgan fingerprint density at radius 1 is 1.22 bits per heavy atom. The molecule has 0 unspecified atom stereocenters. The van der Waals surface area contributed by atoms with Crippen LogP contribution in [0.3, 0.4) is 0 Å². The van der Waals surface area contributed by atoms with E-state index in [9.17, 15) is 4.79 Å². The van der Waals surface area contributed by atoms with E-state index in [1.54, 1.807) is 19.3 Å². The SMILES string of the molecule is C=C1C=CC(=O)C=C1Oc1cc(OC)ccc1C. The Kier molecular flexibility index (Phi) is 3.33. The molecule has 92 valence electrons. The highest BCUT2D eigenvalue weighted by atomic mass is 16.5. The van der Waals surface area contributed by atoms with E-state index in [1.165, 1.54) is 12.2 Å². The van der Waals surface area contributed by atoms with Crippen molar-refractivity contribution in [2.45, 2.75) is 6.92 Å². The standard InChI is InChI=1S/C15H14O3/c1-10-4-6-12(16)8-14(10)18-15-9-13(17-3)7-5-11(15)2/h4-9H,1H2,2-3H3. The highest BCUT2D eigenvalue weighted by Crippen LogP contribution is 2.28. The second-order valence-electron chi connectivity index (χ2n) is 4.00. The minimum atomic E-state index is -0.0991. The molecule has 0 aromatic heterocycles. The van der Waals surface area contributed by atoms with Crippen LogP contribution in [0, 0.1) is 6.92 Å². The zero-order valence-corrected chi connectivity index (χ0v) is 10.4. The van der Waals surface area contributed by atoms with Gasteiger partial charge >= 0.3 is 0 Å². The first-order valence-corrected chi connectivity index (χ1v) is 5.55. The van der Waals surface area contributed by atoms with E-state index in [4.69, 9.17) is 9.47 Å². The van der Waals surface area contributed by atoms with Crippen molar-refractivity contribution in [2.24, 2.45) is 0 Å². The van der Waals surface area contributed by atoms with Crippen LogP contribution >= 0.6 is 0 Å². The predicted molar refractivity (Wildman–Crippen MR) is 69.7 cm³/mol. The van der Waals surface area contributed by atoms with Gasteiger partial charge in [-0.05, 0) is 30.7 Å². The third-order valence-corrected chi connectivity index (χ3v) is 2.65. The highest BCUT2D eigenvalue weighted by molar-refractivity contribution is 6.02. The molecule has 1 aliphatic carbocycles. The Balaban J connectivity index is 2.29. The Morgan fingerprint density at radius 2 is 2.00 bits per heavy atom. The Bertz CT molecular complexity index is 565. The summed E-state index contributed by atoms with van der Waals surface area (Å²) >= 11 is 0. The van der Waals surface area contributed by atoms with Gasteiger partial charge in [0.15, 0.2) is 5.78 Å². The summed E-state index contributed by atoms with van der Waals surface area (Å²) in [5.74, 6) is 1.74. The third-order valence-electron chi connectivity index (χ3n) is 2.65. The van der Waals surface area contributed by atoms with E-state index >= 15 is 0 Å². The van der Waals surface area contributed by atoms with Gasteiger partial charge in [0, 0.05) is 17.7 Å². The maximum Gasteiger partial charge on any atom is 0.182 e. The summed E-state index contributed by atoms with van der Waals surface area (Å²) in [7, 11) is 1.60. The van der Waals surface area contributed by atoms with Crippen molar-refractivity contribution in [2.75, 3.05) is 7.11 Å². The molecule has 0 fully saturated rings. The zero-order valence-electron chi connectivity index (χ0n) is 10.4. The van der Waals surface area contributed by atoms with Gasteiger partial charge in [0.05, 0.1) is 7.11 Å². The molecule has 0 aliphatic heterocycles. The largest absolute Gasteiger partial charge is 0.497 e. The zero-order chi connectivity index (χ0) is 13.1. The topological polar surface area (TPSA) is 35.5 Å². The molecular formula is C15H14O3. The summed E-state index contributed by atoms with van der Waals surface area (Å²) in [4.78, 5) is 11.3. The minimum Gasteiger partial charge on any atom is -0.497 e. The first kappa shape index (κ1) is 12.2. The molecule has 0 atom stereocenters. The molecule has 3 nitrogen and oxygen atoms in total. The number of ether oxygens (including phenoxy) is 2. The molecule has 18 heavy (non-hydrogen) atoms. The van der Waals surface area contributed by atoms with Gasteiger partial charge in [-0.1, -0.05) is 12.6 Å². The molecule has 0 saturated heterocycles. The van der Waals surface area contributed by atoms with Crippen LogP contribution in [-0.2, 0) is 4.79 Å². The third kappa shape index (κ3) is 2.51. The lowest BCUT2D eigenvalue weighted by Gasteiger charge is -2.14. The van der Waals surface area contributed by atoms with Crippen molar-refractivity contribution >= 4 is 5.78 Å². The van der Waals surface area contributed by atoms with Crippen LogP contribution in [0.1, 0.15) is 5.56 Å². The molecule has 0 bridgehead atoms. The molecule has 1 aromatic rings. The van der Waals surface area contributed by atoms with Crippen LogP contribution in [0.4, 0.5) is 0 Å². The fraction of sp³-hybridized carbons (Fsp3) is 0.133. The second-order valence-corrected chi connectivity index (χ2v) is 4.00. The molecule has 0 spiro atoms. The van der Waals surface area contributed by atoms with Crippen LogP contribution in [0.2, 0.25) is 0 Å². The number of hydrogen-bond donors (Lipinski definition) is 0. The molecule has 1 aromatic carbocycles. The number of ketones is 1. The van der Waals surface area contributed by atoms with E-state index < -0.39 is 0 Å². The molecule has 1 aliphatic rings. The number of carbonyl (C=O) groups excluding carboxylic acids is 1. The van der Waals surface area contributed by atoms with Crippen molar-refractivity contribution < 1.29 is 14.3 Å². The lowest BCUT2D eigenvalue weighted by molar-refractivity contribution is -0.110. The fourth-order valence-corrected chi connectivity index (χ4v) is 1.57. The van der Waals surface area contributed by atoms with E-state index in [1.807, 2.05) is 19.1 Å². The summed E-state index contributed by atoms with van der Waals surface area (Å²) in [6.45, 7) is 5.76. The number of methoxy groups -OCH3 is 1. The Morgan fingerprint density at radius 3 is 2.72 bits per heavy atom. The monoisotopic (exact) mass is 242 g/mol. The summed E-state index contributed by atoms with van der Waals surface area (Å²) in [6.07, 6.45) is 4.54. The Hall–Kier alpha value is -2.29. The van der Waals surface area contributed by atoms with Gasteiger partial charge in [0.25, 0.3) is 0 Å². The number of benzene rings is 1. The summed E-state index contributed by atoms with van der Waals surface area (Å²) in [5, 5.41) is 0. The lowest BCUT2D eigenvalue weighted by atomic mass is 10.1. The molecule has 2 rings (SSSR count). The second kappa shape index (κ2) is 4.92. The fourth-order valence-electron chi connectivity index (χ4n) is 1.57. The van der Waals surface area contributed by atoms with Crippen LogP contribution in [0.15, 0.2) is 54.3 Å². The van der Waals surface area contributed by atoms with Crippen molar-refractivity contribution in [3.8, 4) is 11.5 Å². The molecule has 0 heterocycles. The van der Waals surface area contributed by atoms with Crippen LogP contribution in [-0.4, -0.2) is 12.9 Å². The minimum absolute atomic E-state index is 0.0991. The summed E-state index contributed by atoms with van der Waals surface area (Å²) < 4.78 is 10.9. The molecular weight excluding hydrogens is 228 g/mol. The van der Waals surface area contributed by atoms with Crippen molar-refractivity contribution in [1.29, 1.82) is 0 Å². The van der Waals surface area contributed by atoms with Gasteiger partial charge in [0.2, 0.25) is 0 Å². The molecule has 0 amide bonds. The van der Waals surface area contributed by atoms with E-state index in [-0.39, 0.29) is 5.78 Å². The van der Waals surface area contributed by atoms with Gasteiger partial charge in [-0.15, -0.1) is 0 Å². The van der Waals surface area contributed by atoms with Crippen LogP contribution in [0.5, 0.6) is 11.5 Å². The maximum atomic E-state index is 11.3. The van der Waals surface area contributed by atoms with Gasteiger partial charge in [-0.3, -0.25) is 4.79 Å². The van der Waals surface area contributed by atoms with E-state index in [0.717, 1.165) is 5.56 Å². The van der Waals surface area contributed by atoms with Crippen LogP contribution < -0.4 is 9.47 Å². The van der Waals surface area contributed by atoms with E-state index in [2.05, 4.69) is 6.58 Å². The highest BCUT2D eigenvalue weighted by Gasteiger charge is 2.12. The molecule has 0 radical (unpaired) electrons. The average Bonchev–Trinajstić information content (AvgIpc) is 2.36. The lowest BCUT2D eigenvalue weighted by Crippen LogP contribution is -2.05. The first-order valence-electron chi connectivity index (χ1n) is 5.55. The van der Waals surface area contributed by atoms with Gasteiger partial charge < -0.3 is 9.47 Å². The van der Waals surface area contributed by atoms with E-state index in [0.29, 0.717) is 22.8 Å². The predicted octanol–water partition coefficient (Wildman–Crippen LogP) is 2.96. The van der Waals surface area contributed by atoms with Crippen LogP contribution in [0.25, 0.3) is 0 Å². The molecule has 0 N–H and O–H groups in total. The first-order chi connectivity index (χ1) is 8.60. The molecule has 3 heteroatoms. The van der Waals surface area contributed by atoms with Crippen molar-refractivity contribution in [1.82, 2.24) is 0 Å². The Labute approximate surface area is 106 Å². The average molecular weight is 242 g/mol. The summed E-state index contributed by atoms with van der Waals surface area (Å²) in [6, 6.07) is 5.54. The number of hydrogen-bond acceptors (Lipinski definition) is 3. The number of rotatable bonds is 3. The number of carbonyl (C=O) groups is 1. The van der Waals surface area contributed by atoms with Gasteiger partial charge in [0.1, 0.15) is 17.3 Å². The smallest absolute Gasteiger partial charge is 0.182 e. The summed E-state index contributed by atoms with van der Waals surface area (Å²) in [5.41, 5.74) is 1.64. The normalized spacial score (nSPS) is 14.4. The van der Waals surface area contributed by atoms with Crippen molar-refractivity contribution in [3.63, 3.8) is 0 Å². The van der Waals surface area contributed by atoms with Crippen molar-refractivity contribution in [3.05, 3.63) is 59.9 Å². The maximum absolute atomic E-state index is 11.3. The number of aryl methyl sites for hydroxylation is 1. The number of allylic oxidation sites excluding steroid dienone is 3. The quantitative estimate of drug-likeness (QED) is 0.817.